The van der Waals surface area contributed by atoms with Crippen molar-refractivity contribution in [3.05, 3.63) is 29.8 Å². The average Bonchev–Trinajstić information content (AvgIpc) is 2.40. The van der Waals surface area contributed by atoms with E-state index in [1.54, 1.807) is 31.2 Å². The van der Waals surface area contributed by atoms with Crippen LogP contribution in [0.15, 0.2) is 24.3 Å². The van der Waals surface area contributed by atoms with E-state index in [4.69, 9.17) is 14.2 Å². The van der Waals surface area contributed by atoms with Crippen LogP contribution in [-0.2, 0) is 14.3 Å². The average molecular weight is 266 g/mol. The molecule has 0 fully saturated rings. The van der Waals surface area contributed by atoms with Crippen LogP contribution in [0, 0.1) is 0 Å². The molecule has 1 rings (SSSR count). The largest absolute Gasteiger partial charge is 0.493 e. The molecule has 0 unspecified atom stereocenters. The molecule has 0 bridgehead atoms. The zero-order valence-electron chi connectivity index (χ0n) is 11.2. The molecule has 0 atom stereocenters. The van der Waals surface area contributed by atoms with Crippen molar-refractivity contribution in [2.24, 2.45) is 0 Å². The number of ether oxygens (including phenoxy) is 3. The van der Waals surface area contributed by atoms with Crippen LogP contribution in [0.4, 0.5) is 0 Å². The third-order valence-electron chi connectivity index (χ3n) is 2.25. The van der Waals surface area contributed by atoms with Crippen LogP contribution < -0.4 is 4.74 Å². The van der Waals surface area contributed by atoms with E-state index in [0.29, 0.717) is 24.5 Å². The summed E-state index contributed by atoms with van der Waals surface area (Å²) in [4.78, 5) is 22.9. The van der Waals surface area contributed by atoms with Gasteiger partial charge >= 0.3 is 11.9 Å². The minimum atomic E-state index is -0.506. The second-order valence-electron chi connectivity index (χ2n) is 3.62. The van der Waals surface area contributed by atoms with Gasteiger partial charge in [0.25, 0.3) is 0 Å². The molecule has 5 heteroatoms. The molecule has 0 aromatic heterocycles. The summed E-state index contributed by atoms with van der Waals surface area (Å²) < 4.78 is 15.1. The van der Waals surface area contributed by atoms with Gasteiger partial charge in [0.15, 0.2) is 0 Å². The van der Waals surface area contributed by atoms with E-state index < -0.39 is 5.97 Å². The molecule has 104 valence electrons. The van der Waals surface area contributed by atoms with Crippen molar-refractivity contribution in [1.82, 2.24) is 0 Å². The molecule has 0 spiro atoms. The maximum atomic E-state index is 11.8. The Balaban J connectivity index is 2.51. The van der Waals surface area contributed by atoms with Crippen molar-refractivity contribution in [3.8, 4) is 5.75 Å². The van der Waals surface area contributed by atoms with Gasteiger partial charge < -0.3 is 14.2 Å². The smallest absolute Gasteiger partial charge is 0.341 e. The van der Waals surface area contributed by atoms with Crippen LogP contribution in [-0.4, -0.2) is 31.8 Å². The van der Waals surface area contributed by atoms with Gasteiger partial charge in [-0.2, -0.15) is 0 Å². The first-order valence-corrected chi connectivity index (χ1v) is 6.23. The number of carbonyl (C=O) groups excluding carboxylic acids is 2. The first-order valence-electron chi connectivity index (χ1n) is 6.23. The fourth-order valence-corrected chi connectivity index (χ4v) is 1.45. The molecule has 0 aliphatic heterocycles. The summed E-state index contributed by atoms with van der Waals surface area (Å²) in [6.45, 7) is 4.34. The second-order valence-corrected chi connectivity index (χ2v) is 3.62. The molecule has 0 radical (unpaired) electrons. The highest BCUT2D eigenvalue weighted by Gasteiger charge is 2.13. The van der Waals surface area contributed by atoms with E-state index in [9.17, 15) is 9.59 Å². The predicted octanol–water partition coefficient (Wildman–Crippen LogP) is 2.20. The lowest BCUT2D eigenvalue weighted by atomic mass is 10.2. The first-order chi connectivity index (χ1) is 9.19. The maximum Gasteiger partial charge on any atom is 0.341 e. The normalized spacial score (nSPS) is 9.79. The van der Waals surface area contributed by atoms with Crippen molar-refractivity contribution in [2.45, 2.75) is 20.3 Å². The molecule has 0 heterocycles. The second kappa shape index (κ2) is 8.13. The molecule has 19 heavy (non-hydrogen) atoms. The third kappa shape index (κ3) is 4.99. The minimum Gasteiger partial charge on any atom is -0.493 e. The summed E-state index contributed by atoms with van der Waals surface area (Å²) in [6.07, 6.45) is 0.0520. The number of benzene rings is 1. The fraction of sp³-hybridized carbons (Fsp3) is 0.429. The standard InChI is InChI=1S/C14H18O5/c1-3-17-12-8-6-5-7-11(12)14(16)19-10-9-13(15)18-4-2/h5-8H,3-4,9-10H2,1-2H3. The molecule has 1 aromatic carbocycles. The highest BCUT2D eigenvalue weighted by molar-refractivity contribution is 5.92. The Bertz CT molecular complexity index is 428. The van der Waals surface area contributed by atoms with Crippen LogP contribution in [0.5, 0.6) is 5.75 Å². The summed E-state index contributed by atoms with van der Waals surface area (Å²) in [6, 6.07) is 6.83. The Hall–Kier alpha value is -2.04. The Labute approximate surface area is 112 Å². The van der Waals surface area contributed by atoms with Crippen molar-refractivity contribution in [1.29, 1.82) is 0 Å². The van der Waals surface area contributed by atoms with Gasteiger partial charge in [-0.3, -0.25) is 4.79 Å². The molecule has 0 N–H and O–H groups in total. The maximum absolute atomic E-state index is 11.8. The molecular weight excluding hydrogens is 248 g/mol. The lowest BCUT2D eigenvalue weighted by Crippen LogP contribution is -2.13. The summed E-state index contributed by atoms with van der Waals surface area (Å²) in [5, 5.41) is 0. The number of rotatable bonds is 7. The van der Waals surface area contributed by atoms with E-state index in [0.717, 1.165) is 0 Å². The topological polar surface area (TPSA) is 61.8 Å². The first kappa shape index (κ1) is 15.0. The Morgan fingerprint density at radius 3 is 2.47 bits per heavy atom. The summed E-state index contributed by atoms with van der Waals surface area (Å²) >= 11 is 0. The number of hydrogen-bond acceptors (Lipinski definition) is 5. The SMILES string of the molecule is CCOC(=O)CCOC(=O)c1ccccc1OCC. The van der Waals surface area contributed by atoms with Crippen LogP contribution in [0.25, 0.3) is 0 Å². The lowest BCUT2D eigenvalue weighted by molar-refractivity contribution is -0.143. The van der Waals surface area contributed by atoms with E-state index in [-0.39, 0.29) is 19.0 Å². The lowest BCUT2D eigenvalue weighted by Gasteiger charge is -2.09. The van der Waals surface area contributed by atoms with Gasteiger partial charge in [-0.25, -0.2) is 4.79 Å². The molecule has 0 amide bonds. The van der Waals surface area contributed by atoms with Crippen LogP contribution in [0.1, 0.15) is 30.6 Å². The molecule has 1 aromatic rings. The highest BCUT2D eigenvalue weighted by atomic mass is 16.5. The van der Waals surface area contributed by atoms with Crippen LogP contribution in [0.3, 0.4) is 0 Å². The van der Waals surface area contributed by atoms with Gasteiger partial charge in [-0.05, 0) is 26.0 Å². The number of esters is 2. The Kier molecular flexibility index (Phi) is 6.43. The van der Waals surface area contributed by atoms with Gasteiger partial charge in [0.05, 0.1) is 19.6 Å². The Morgan fingerprint density at radius 2 is 1.79 bits per heavy atom. The molecule has 0 saturated carbocycles. The number of carbonyl (C=O) groups is 2. The van der Waals surface area contributed by atoms with Crippen molar-refractivity contribution in [2.75, 3.05) is 19.8 Å². The third-order valence-corrected chi connectivity index (χ3v) is 2.25. The highest BCUT2D eigenvalue weighted by Crippen LogP contribution is 2.18. The van der Waals surface area contributed by atoms with Crippen molar-refractivity contribution < 1.29 is 23.8 Å². The van der Waals surface area contributed by atoms with Gasteiger partial charge in [0.1, 0.15) is 17.9 Å². The number of para-hydroxylation sites is 1. The van der Waals surface area contributed by atoms with Gasteiger partial charge in [-0.1, -0.05) is 12.1 Å². The van der Waals surface area contributed by atoms with E-state index in [1.807, 2.05) is 6.92 Å². The van der Waals surface area contributed by atoms with E-state index in [2.05, 4.69) is 0 Å². The molecule has 5 nitrogen and oxygen atoms in total. The summed E-state index contributed by atoms with van der Waals surface area (Å²) in [5.41, 5.74) is 0.355. The molecule has 0 saturated heterocycles. The van der Waals surface area contributed by atoms with Crippen molar-refractivity contribution >= 4 is 11.9 Å². The van der Waals surface area contributed by atoms with Crippen molar-refractivity contribution in [3.63, 3.8) is 0 Å². The zero-order valence-corrected chi connectivity index (χ0v) is 11.2. The minimum absolute atomic E-state index is 0.00186. The predicted molar refractivity (Wildman–Crippen MR) is 69.1 cm³/mol. The molecular formula is C14H18O5. The van der Waals surface area contributed by atoms with Crippen LogP contribution >= 0.6 is 0 Å². The summed E-state index contributed by atoms with van der Waals surface area (Å²) in [5.74, 6) is -0.409. The quantitative estimate of drug-likeness (QED) is 0.708. The van der Waals surface area contributed by atoms with E-state index >= 15 is 0 Å². The molecule has 0 aliphatic rings. The monoisotopic (exact) mass is 266 g/mol. The number of hydrogen-bond donors (Lipinski definition) is 0. The van der Waals surface area contributed by atoms with Gasteiger partial charge in [0.2, 0.25) is 0 Å². The van der Waals surface area contributed by atoms with Gasteiger partial charge in [-0.15, -0.1) is 0 Å². The molecule has 0 aliphatic carbocycles. The van der Waals surface area contributed by atoms with E-state index in [1.165, 1.54) is 0 Å². The zero-order chi connectivity index (χ0) is 14.1. The fourth-order valence-electron chi connectivity index (χ4n) is 1.45. The summed E-state index contributed by atoms with van der Waals surface area (Å²) in [7, 11) is 0. The Morgan fingerprint density at radius 1 is 1.05 bits per heavy atom. The van der Waals surface area contributed by atoms with Crippen LogP contribution in [0.2, 0.25) is 0 Å². The van der Waals surface area contributed by atoms with Gasteiger partial charge in [0, 0.05) is 0 Å².